The largest absolute Gasteiger partial charge is 0.391 e. The van der Waals surface area contributed by atoms with Gasteiger partial charge in [0.05, 0.1) is 6.10 Å². The van der Waals surface area contributed by atoms with Crippen molar-refractivity contribution in [3.05, 3.63) is 0 Å². The molecule has 2 aliphatic rings. The van der Waals surface area contributed by atoms with Crippen molar-refractivity contribution in [2.45, 2.75) is 52.7 Å². The van der Waals surface area contributed by atoms with Crippen LogP contribution in [0, 0.1) is 5.41 Å². The molecule has 0 aliphatic carbocycles. The molecule has 6 heteroatoms. The smallest absolute Gasteiger partial charge is 0.245 e. The number of carbonyl (C=O) groups excluding carboxylic acids is 2. The molecule has 2 amide bonds. The molecule has 1 N–H and O–H groups in total. The number of carbonyl (C=O) groups is 2. The van der Waals surface area contributed by atoms with Gasteiger partial charge in [0.25, 0.3) is 0 Å². The number of aliphatic hydroxyl groups is 1. The predicted octanol–water partition coefficient (Wildman–Crippen LogP) is 0.549. The molecule has 0 unspecified atom stereocenters. The molecule has 0 aromatic rings. The van der Waals surface area contributed by atoms with Crippen molar-refractivity contribution in [3.8, 4) is 0 Å². The molecule has 2 aliphatic heterocycles. The number of β-amino-alcohol motifs (C(OH)–C–C–N with tert-alkyl or cyclic N) is 1. The Hall–Kier alpha value is -1.14. The van der Waals surface area contributed by atoms with E-state index in [1.54, 1.807) is 4.90 Å². The lowest BCUT2D eigenvalue weighted by atomic mass is 9.89. The van der Waals surface area contributed by atoms with Crippen molar-refractivity contribution in [2.75, 3.05) is 39.3 Å². The van der Waals surface area contributed by atoms with Crippen molar-refractivity contribution >= 4 is 11.8 Å². The highest BCUT2D eigenvalue weighted by molar-refractivity contribution is 5.87. The number of hydrogen-bond acceptors (Lipinski definition) is 4. The standard InChI is InChI=1S/C17H31N3O3/c1-13(21)20-7-5-6-14(20)16(23)19-10-8-18(9-11-19)12-15(22)17(2,3)4/h14-15,22H,5-12H2,1-4H3/t14-,15+/m1/s1. The number of rotatable bonds is 3. The van der Waals surface area contributed by atoms with Gasteiger partial charge in [0, 0.05) is 46.2 Å². The van der Waals surface area contributed by atoms with Crippen LogP contribution in [-0.2, 0) is 9.59 Å². The lowest BCUT2D eigenvalue weighted by molar-refractivity contribution is -0.144. The maximum Gasteiger partial charge on any atom is 0.245 e. The Bertz CT molecular complexity index is 439. The topological polar surface area (TPSA) is 64.1 Å². The molecule has 0 radical (unpaired) electrons. The monoisotopic (exact) mass is 325 g/mol. The van der Waals surface area contributed by atoms with Crippen LogP contribution in [0.15, 0.2) is 0 Å². The molecule has 0 bridgehead atoms. The van der Waals surface area contributed by atoms with Crippen molar-refractivity contribution in [2.24, 2.45) is 5.41 Å². The van der Waals surface area contributed by atoms with E-state index in [2.05, 4.69) is 4.90 Å². The Balaban J connectivity index is 1.84. The molecule has 132 valence electrons. The van der Waals surface area contributed by atoms with Crippen LogP contribution in [0.2, 0.25) is 0 Å². The van der Waals surface area contributed by atoms with Crippen LogP contribution in [0.25, 0.3) is 0 Å². The molecule has 2 heterocycles. The quantitative estimate of drug-likeness (QED) is 0.823. The number of hydrogen-bond donors (Lipinski definition) is 1. The maximum absolute atomic E-state index is 12.7. The molecule has 2 saturated heterocycles. The van der Waals surface area contributed by atoms with Crippen molar-refractivity contribution in [1.82, 2.24) is 14.7 Å². The molecular formula is C17H31N3O3. The highest BCUT2D eigenvalue weighted by Gasteiger charge is 2.36. The van der Waals surface area contributed by atoms with Gasteiger partial charge in [0.2, 0.25) is 11.8 Å². The van der Waals surface area contributed by atoms with E-state index < -0.39 is 0 Å². The first-order valence-electron chi connectivity index (χ1n) is 8.66. The summed E-state index contributed by atoms with van der Waals surface area (Å²) in [5, 5.41) is 10.2. The highest BCUT2D eigenvalue weighted by atomic mass is 16.3. The molecule has 2 atom stereocenters. The van der Waals surface area contributed by atoms with Crippen LogP contribution in [0.4, 0.5) is 0 Å². The van der Waals surface area contributed by atoms with Gasteiger partial charge in [-0.3, -0.25) is 14.5 Å². The van der Waals surface area contributed by atoms with Gasteiger partial charge in [-0.1, -0.05) is 20.8 Å². The van der Waals surface area contributed by atoms with Gasteiger partial charge in [-0.25, -0.2) is 0 Å². The normalized spacial score (nSPS) is 24.8. The number of amides is 2. The van der Waals surface area contributed by atoms with E-state index in [1.807, 2.05) is 25.7 Å². The summed E-state index contributed by atoms with van der Waals surface area (Å²) in [5.41, 5.74) is -0.126. The fraction of sp³-hybridized carbons (Fsp3) is 0.882. The third-order valence-electron chi connectivity index (χ3n) is 5.06. The summed E-state index contributed by atoms with van der Waals surface area (Å²) in [5.74, 6) is 0.0847. The van der Waals surface area contributed by atoms with Crippen LogP contribution in [-0.4, -0.2) is 83.0 Å². The molecule has 6 nitrogen and oxygen atoms in total. The minimum absolute atomic E-state index is 0.00668. The van der Waals surface area contributed by atoms with Crippen molar-refractivity contribution in [1.29, 1.82) is 0 Å². The van der Waals surface area contributed by atoms with Gasteiger partial charge in [-0.15, -0.1) is 0 Å². The van der Waals surface area contributed by atoms with Gasteiger partial charge in [0.1, 0.15) is 6.04 Å². The van der Waals surface area contributed by atoms with E-state index in [0.29, 0.717) is 26.2 Å². The molecule has 23 heavy (non-hydrogen) atoms. The lowest BCUT2D eigenvalue weighted by Gasteiger charge is -2.39. The second kappa shape index (κ2) is 7.18. The SMILES string of the molecule is CC(=O)N1CCC[C@@H]1C(=O)N1CCN(C[C@H](O)C(C)(C)C)CC1. The summed E-state index contributed by atoms with van der Waals surface area (Å²) in [4.78, 5) is 30.1. The maximum atomic E-state index is 12.7. The summed E-state index contributed by atoms with van der Waals surface area (Å²) in [7, 11) is 0. The average molecular weight is 325 g/mol. The first-order valence-corrected chi connectivity index (χ1v) is 8.66. The van der Waals surface area contributed by atoms with Crippen LogP contribution in [0.3, 0.4) is 0 Å². The summed E-state index contributed by atoms with van der Waals surface area (Å²) >= 11 is 0. The first-order chi connectivity index (χ1) is 10.7. The number of piperazine rings is 1. The van der Waals surface area contributed by atoms with Gasteiger partial charge >= 0.3 is 0 Å². The molecular weight excluding hydrogens is 294 g/mol. The summed E-state index contributed by atoms with van der Waals surface area (Å²) in [6.07, 6.45) is 1.32. The minimum atomic E-state index is -0.368. The van der Waals surface area contributed by atoms with Crippen LogP contribution < -0.4 is 0 Å². The van der Waals surface area contributed by atoms with E-state index in [1.165, 1.54) is 6.92 Å². The van der Waals surface area contributed by atoms with Crippen LogP contribution >= 0.6 is 0 Å². The fourth-order valence-electron chi connectivity index (χ4n) is 3.28. The zero-order valence-electron chi connectivity index (χ0n) is 14.9. The molecule has 2 rings (SSSR count). The van der Waals surface area contributed by atoms with Gasteiger partial charge in [-0.2, -0.15) is 0 Å². The van der Waals surface area contributed by atoms with Gasteiger partial charge in [0.15, 0.2) is 0 Å². The van der Waals surface area contributed by atoms with E-state index in [4.69, 9.17) is 0 Å². The third-order valence-corrected chi connectivity index (χ3v) is 5.06. The van der Waals surface area contributed by atoms with E-state index in [9.17, 15) is 14.7 Å². The Morgan fingerprint density at radius 2 is 1.74 bits per heavy atom. The Labute approximate surface area is 139 Å². The second-order valence-corrected chi connectivity index (χ2v) is 7.88. The second-order valence-electron chi connectivity index (χ2n) is 7.88. The van der Waals surface area contributed by atoms with Crippen LogP contribution in [0.5, 0.6) is 0 Å². The Morgan fingerprint density at radius 1 is 1.13 bits per heavy atom. The highest BCUT2D eigenvalue weighted by Crippen LogP contribution is 2.22. The number of aliphatic hydroxyl groups excluding tert-OH is 1. The number of nitrogens with zero attached hydrogens (tertiary/aromatic N) is 3. The van der Waals surface area contributed by atoms with Gasteiger partial charge in [-0.05, 0) is 18.3 Å². The van der Waals surface area contributed by atoms with Gasteiger partial charge < -0.3 is 14.9 Å². The first kappa shape index (κ1) is 18.2. The molecule has 0 saturated carbocycles. The Kier molecular flexibility index (Phi) is 5.68. The zero-order valence-corrected chi connectivity index (χ0v) is 14.9. The molecule has 0 aromatic heterocycles. The zero-order chi connectivity index (χ0) is 17.2. The van der Waals surface area contributed by atoms with E-state index in [0.717, 1.165) is 25.9 Å². The Morgan fingerprint density at radius 3 is 2.26 bits per heavy atom. The number of likely N-dealkylation sites (tertiary alicyclic amines) is 1. The lowest BCUT2D eigenvalue weighted by Crippen LogP contribution is -2.55. The average Bonchev–Trinajstić information content (AvgIpc) is 2.96. The summed E-state index contributed by atoms with van der Waals surface area (Å²) in [6.45, 7) is 11.9. The molecule has 0 aromatic carbocycles. The van der Waals surface area contributed by atoms with Crippen molar-refractivity contribution in [3.63, 3.8) is 0 Å². The fourth-order valence-corrected chi connectivity index (χ4v) is 3.28. The molecule has 2 fully saturated rings. The summed E-state index contributed by atoms with van der Waals surface area (Å²) < 4.78 is 0. The van der Waals surface area contributed by atoms with Crippen LogP contribution in [0.1, 0.15) is 40.5 Å². The summed E-state index contributed by atoms with van der Waals surface area (Å²) in [6, 6.07) is -0.265. The molecule has 0 spiro atoms. The minimum Gasteiger partial charge on any atom is -0.391 e. The third kappa shape index (κ3) is 4.44. The predicted molar refractivity (Wildman–Crippen MR) is 88.9 cm³/mol. The van der Waals surface area contributed by atoms with E-state index in [-0.39, 0.29) is 29.4 Å². The van der Waals surface area contributed by atoms with E-state index >= 15 is 0 Å². The van der Waals surface area contributed by atoms with Crippen molar-refractivity contribution < 1.29 is 14.7 Å².